The Labute approximate surface area is 146 Å². The topological polar surface area (TPSA) is 42.2 Å². The van der Waals surface area contributed by atoms with Gasteiger partial charge in [-0.2, -0.15) is 0 Å². The summed E-state index contributed by atoms with van der Waals surface area (Å²) in [6.45, 7) is 2.68. The number of aryl methyl sites for hydroxylation is 1. The number of aromatic nitrogens is 1. The molecule has 0 saturated heterocycles. The van der Waals surface area contributed by atoms with E-state index in [0.717, 1.165) is 12.8 Å². The van der Waals surface area contributed by atoms with Crippen molar-refractivity contribution in [2.24, 2.45) is 0 Å². The summed E-state index contributed by atoms with van der Waals surface area (Å²) in [5, 5.41) is 9.01. The first-order chi connectivity index (χ1) is 11.6. The number of hydrogen-bond acceptors (Lipinski definition) is 1. The first-order valence-corrected chi connectivity index (χ1v) is 9.67. The van der Waals surface area contributed by atoms with E-state index in [1.165, 1.54) is 51.4 Å². The maximum absolute atomic E-state index is 13.9. The van der Waals surface area contributed by atoms with Gasteiger partial charge >= 0.3 is 5.97 Å². The van der Waals surface area contributed by atoms with Gasteiger partial charge in [-0.25, -0.2) is 9.18 Å². The molecule has 1 heterocycles. The number of rotatable bonds is 15. The summed E-state index contributed by atoms with van der Waals surface area (Å²) >= 11 is 0. The number of unbranched alkanes of at least 4 members (excludes halogenated alkanes) is 9. The minimum absolute atomic E-state index is 0.237. The van der Waals surface area contributed by atoms with Crippen molar-refractivity contribution in [2.45, 2.75) is 96.7 Å². The van der Waals surface area contributed by atoms with Gasteiger partial charge in [-0.1, -0.05) is 71.1 Å². The quantitative estimate of drug-likeness (QED) is 0.385. The number of alkyl halides is 1. The van der Waals surface area contributed by atoms with Crippen molar-refractivity contribution in [3.8, 4) is 0 Å². The van der Waals surface area contributed by atoms with Crippen LogP contribution in [0.2, 0.25) is 0 Å². The van der Waals surface area contributed by atoms with Gasteiger partial charge in [0, 0.05) is 12.7 Å². The Balaban J connectivity index is 1.97. The zero-order chi connectivity index (χ0) is 17.6. The third-order valence-electron chi connectivity index (χ3n) is 4.60. The van der Waals surface area contributed by atoms with Crippen LogP contribution in [0.1, 0.15) is 94.5 Å². The van der Waals surface area contributed by atoms with Crippen LogP contribution in [0.3, 0.4) is 0 Å². The van der Waals surface area contributed by atoms with E-state index in [0.29, 0.717) is 19.4 Å². The molecule has 0 saturated carbocycles. The van der Waals surface area contributed by atoms with Gasteiger partial charge in [-0.05, 0) is 25.0 Å². The van der Waals surface area contributed by atoms with Crippen molar-refractivity contribution in [1.82, 2.24) is 4.57 Å². The molecule has 1 aromatic heterocycles. The highest BCUT2D eigenvalue weighted by Gasteiger charge is 2.11. The molecule has 0 radical (unpaired) electrons. The number of carboxylic acids is 1. The van der Waals surface area contributed by atoms with E-state index < -0.39 is 12.1 Å². The lowest BCUT2D eigenvalue weighted by Gasteiger charge is -2.10. The van der Waals surface area contributed by atoms with Crippen LogP contribution in [0.4, 0.5) is 4.39 Å². The Morgan fingerprint density at radius 1 is 1.04 bits per heavy atom. The van der Waals surface area contributed by atoms with Gasteiger partial charge in [-0.15, -0.1) is 0 Å². The summed E-state index contributed by atoms with van der Waals surface area (Å²) in [4.78, 5) is 11.0. The first kappa shape index (κ1) is 20.7. The smallest absolute Gasteiger partial charge is 0.352 e. The minimum Gasteiger partial charge on any atom is -0.477 e. The van der Waals surface area contributed by atoms with E-state index in [9.17, 15) is 9.18 Å². The summed E-state index contributed by atoms with van der Waals surface area (Å²) in [7, 11) is 0. The van der Waals surface area contributed by atoms with Gasteiger partial charge in [0.15, 0.2) is 0 Å². The monoisotopic (exact) mass is 339 g/mol. The van der Waals surface area contributed by atoms with Gasteiger partial charge in [0.25, 0.3) is 0 Å². The van der Waals surface area contributed by atoms with E-state index in [1.807, 2.05) is 0 Å². The molecule has 0 aliphatic carbocycles. The number of carbonyl (C=O) groups is 1. The largest absolute Gasteiger partial charge is 0.477 e. The van der Waals surface area contributed by atoms with Crippen molar-refractivity contribution < 1.29 is 14.3 Å². The molecule has 1 aromatic rings. The van der Waals surface area contributed by atoms with Crippen LogP contribution >= 0.6 is 0 Å². The Bertz CT molecular complexity index is 445. The number of nitrogens with zero attached hydrogens (tertiary/aromatic N) is 1. The Hall–Kier alpha value is -1.32. The molecule has 0 fully saturated rings. The predicted molar refractivity (Wildman–Crippen MR) is 97.4 cm³/mol. The molecule has 1 unspecified atom stereocenters. The van der Waals surface area contributed by atoms with E-state index >= 15 is 0 Å². The molecule has 3 nitrogen and oxygen atoms in total. The van der Waals surface area contributed by atoms with Crippen molar-refractivity contribution in [3.05, 3.63) is 24.0 Å². The van der Waals surface area contributed by atoms with E-state index in [-0.39, 0.29) is 5.69 Å². The predicted octanol–water partition coefficient (Wildman–Crippen LogP) is 6.23. The maximum Gasteiger partial charge on any atom is 0.352 e. The molecule has 0 aliphatic heterocycles. The van der Waals surface area contributed by atoms with E-state index in [1.54, 1.807) is 22.9 Å². The van der Waals surface area contributed by atoms with Gasteiger partial charge in [0.05, 0.1) is 0 Å². The van der Waals surface area contributed by atoms with Crippen LogP contribution < -0.4 is 0 Å². The summed E-state index contributed by atoms with van der Waals surface area (Å²) in [5.41, 5.74) is 0.237. The minimum atomic E-state index is -0.954. The van der Waals surface area contributed by atoms with Crippen molar-refractivity contribution in [2.75, 3.05) is 0 Å². The SMILES string of the molecule is CCCCCCCCCCCCC(F)CCn1cccc1C(=O)O. The van der Waals surface area contributed by atoms with Crippen molar-refractivity contribution in [1.29, 1.82) is 0 Å². The second kappa shape index (κ2) is 13.0. The fraction of sp³-hybridized carbons (Fsp3) is 0.750. The summed E-state index contributed by atoms with van der Waals surface area (Å²) in [6, 6.07) is 3.25. The van der Waals surface area contributed by atoms with Crippen LogP contribution in [0, 0.1) is 0 Å². The highest BCUT2D eigenvalue weighted by molar-refractivity contribution is 5.85. The van der Waals surface area contributed by atoms with Crippen LogP contribution in [-0.2, 0) is 6.54 Å². The average Bonchev–Trinajstić information content (AvgIpc) is 3.03. The molecule has 1 N–H and O–H groups in total. The highest BCUT2D eigenvalue weighted by Crippen LogP contribution is 2.15. The zero-order valence-corrected chi connectivity index (χ0v) is 15.2. The van der Waals surface area contributed by atoms with Crippen LogP contribution in [0.15, 0.2) is 18.3 Å². The molecular formula is C20H34FNO2. The molecule has 24 heavy (non-hydrogen) atoms. The first-order valence-electron chi connectivity index (χ1n) is 9.67. The fourth-order valence-electron chi connectivity index (χ4n) is 3.08. The van der Waals surface area contributed by atoms with Gasteiger partial charge < -0.3 is 9.67 Å². The lowest BCUT2D eigenvalue weighted by Crippen LogP contribution is -2.11. The second-order valence-corrected chi connectivity index (χ2v) is 6.75. The highest BCUT2D eigenvalue weighted by atomic mass is 19.1. The standard InChI is InChI=1S/C20H34FNO2/c1-2-3-4-5-6-7-8-9-10-11-13-18(21)15-17-22-16-12-14-19(22)20(23)24/h12,14,16,18H,2-11,13,15,17H2,1H3,(H,23,24). The Morgan fingerprint density at radius 2 is 1.62 bits per heavy atom. The lowest BCUT2D eigenvalue weighted by atomic mass is 10.0. The molecule has 138 valence electrons. The van der Waals surface area contributed by atoms with E-state index in [2.05, 4.69) is 6.92 Å². The lowest BCUT2D eigenvalue weighted by molar-refractivity contribution is 0.0684. The van der Waals surface area contributed by atoms with Crippen molar-refractivity contribution in [3.63, 3.8) is 0 Å². The normalized spacial score (nSPS) is 12.4. The number of carboxylic acid groups (broad SMARTS) is 1. The van der Waals surface area contributed by atoms with Crippen molar-refractivity contribution >= 4 is 5.97 Å². The molecule has 0 spiro atoms. The molecule has 0 aromatic carbocycles. The third-order valence-corrected chi connectivity index (χ3v) is 4.60. The molecule has 1 rings (SSSR count). The molecule has 0 amide bonds. The summed E-state index contributed by atoms with van der Waals surface area (Å²) in [5.74, 6) is -0.954. The Kier molecular flexibility index (Phi) is 11.2. The van der Waals surface area contributed by atoms with Crippen LogP contribution in [0.25, 0.3) is 0 Å². The van der Waals surface area contributed by atoms with Gasteiger partial charge in [0.2, 0.25) is 0 Å². The van der Waals surface area contributed by atoms with Crippen LogP contribution in [0.5, 0.6) is 0 Å². The average molecular weight is 339 g/mol. The number of aromatic carboxylic acids is 1. The third kappa shape index (κ3) is 9.09. The van der Waals surface area contributed by atoms with E-state index in [4.69, 9.17) is 5.11 Å². The summed E-state index contributed by atoms with van der Waals surface area (Å²) < 4.78 is 15.5. The zero-order valence-electron chi connectivity index (χ0n) is 15.2. The second-order valence-electron chi connectivity index (χ2n) is 6.75. The number of hydrogen-bond donors (Lipinski definition) is 1. The molecule has 1 atom stereocenters. The fourth-order valence-corrected chi connectivity index (χ4v) is 3.08. The molecular weight excluding hydrogens is 305 g/mol. The molecule has 0 bridgehead atoms. The molecule has 4 heteroatoms. The summed E-state index contributed by atoms with van der Waals surface area (Å²) in [6.07, 6.45) is 14.4. The molecule has 0 aliphatic rings. The number of halogens is 1. The van der Waals surface area contributed by atoms with Gasteiger partial charge in [-0.3, -0.25) is 0 Å². The maximum atomic E-state index is 13.9. The van der Waals surface area contributed by atoms with Gasteiger partial charge in [0.1, 0.15) is 11.9 Å². The Morgan fingerprint density at radius 3 is 2.21 bits per heavy atom. The van der Waals surface area contributed by atoms with Crippen LogP contribution in [-0.4, -0.2) is 21.8 Å².